The molecule has 0 aliphatic carbocycles. The Balaban J connectivity index is 2.47. The molecule has 0 N–H and O–H groups in total. The molecule has 10 heavy (non-hydrogen) atoms. The summed E-state index contributed by atoms with van der Waals surface area (Å²) in [4.78, 5) is 16.7. The highest BCUT2D eigenvalue weighted by atomic mass is 16.2. The van der Waals surface area contributed by atoms with E-state index in [2.05, 4.69) is 11.9 Å². The Morgan fingerprint density at radius 1 is 1.80 bits per heavy atom. The van der Waals surface area contributed by atoms with Gasteiger partial charge in [-0.3, -0.25) is 9.79 Å². The van der Waals surface area contributed by atoms with E-state index in [4.69, 9.17) is 0 Å². The molecule has 0 atom stereocenters. The highest BCUT2D eigenvalue weighted by Crippen LogP contribution is 1.98. The molecule has 0 saturated heterocycles. The van der Waals surface area contributed by atoms with Gasteiger partial charge in [0.1, 0.15) is 0 Å². The van der Waals surface area contributed by atoms with E-state index < -0.39 is 0 Å². The first-order valence-electron chi connectivity index (χ1n) is 3.64. The predicted octanol–water partition coefficient (Wildman–Crippen LogP) is 0.657. The lowest BCUT2D eigenvalue weighted by Gasteiger charge is -2.19. The fourth-order valence-corrected chi connectivity index (χ4v) is 0.948. The van der Waals surface area contributed by atoms with Crippen LogP contribution in [0.4, 0.5) is 0 Å². The van der Waals surface area contributed by atoms with Gasteiger partial charge in [0.25, 0.3) is 0 Å². The number of carbonyl (C=O) groups excluding carboxylic acids is 1. The van der Waals surface area contributed by atoms with Gasteiger partial charge < -0.3 is 4.90 Å². The Morgan fingerprint density at radius 2 is 2.60 bits per heavy atom. The second-order valence-corrected chi connectivity index (χ2v) is 2.36. The van der Waals surface area contributed by atoms with Crippen molar-refractivity contribution in [3.8, 4) is 0 Å². The van der Waals surface area contributed by atoms with E-state index in [9.17, 15) is 4.79 Å². The monoisotopic (exact) mass is 140 g/mol. The van der Waals surface area contributed by atoms with Crippen LogP contribution in [0.5, 0.6) is 0 Å². The third-order valence-corrected chi connectivity index (χ3v) is 1.46. The van der Waals surface area contributed by atoms with Crippen molar-refractivity contribution in [2.75, 3.05) is 13.1 Å². The van der Waals surface area contributed by atoms with Crippen LogP contribution in [0.3, 0.4) is 0 Å². The summed E-state index contributed by atoms with van der Waals surface area (Å²) in [6, 6.07) is 0. The smallest absolute Gasteiger partial charge is 0.229 e. The van der Waals surface area contributed by atoms with Crippen molar-refractivity contribution in [3.05, 3.63) is 0 Å². The lowest BCUT2D eigenvalue weighted by Crippen LogP contribution is -2.33. The fourth-order valence-electron chi connectivity index (χ4n) is 0.948. The van der Waals surface area contributed by atoms with Gasteiger partial charge in [-0.15, -0.1) is 0 Å². The molecular formula is C7H12N2O. The molecule has 1 aliphatic rings. The van der Waals surface area contributed by atoms with E-state index >= 15 is 0 Å². The molecule has 1 heterocycles. The van der Waals surface area contributed by atoms with E-state index in [1.165, 1.54) is 0 Å². The van der Waals surface area contributed by atoms with Crippen molar-refractivity contribution in [1.29, 1.82) is 0 Å². The second kappa shape index (κ2) is 3.34. The zero-order valence-corrected chi connectivity index (χ0v) is 6.21. The van der Waals surface area contributed by atoms with Gasteiger partial charge in [0, 0.05) is 19.5 Å². The van der Waals surface area contributed by atoms with E-state index in [0.717, 1.165) is 13.0 Å². The van der Waals surface area contributed by atoms with Crippen molar-refractivity contribution in [1.82, 2.24) is 4.90 Å². The van der Waals surface area contributed by atoms with Gasteiger partial charge >= 0.3 is 0 Å². The van der Waals surface area contributed by atoms with Crippen LogP contribution >= 0.6 is 0 Å². The van der Waals surface area contributed by atoms with E-state index in [0.29, 0.717) is 13.0 Å². The van der Waals surface area contributed by atoms with Crippen molar-refractivity contribution < 1.29 is 4.79 Å². The number of amides is 1. The topological polar surface area (TPSA) is 32.7 Å². The molecule has 0 aromatic rings. The van der Waals surface area contributed by atoms with Crippen LogP contribution in [-0.2, 0) is 4.79 Å². The third-order valence-electron chi connectivity index (χ3n) is 1.46. The lowest BCUT2D eigenvalue weighted by atomic mass is 10.3. The maximum atomic E-state index is 11.0. The van der Waals surface area contributed by atoms with Crippen LogP contribution in [-0.4, -0.2) is 30.2 Å². The van der Waals surface area contributed by atoms with Gasteiger partial charge in [-0.1, -0.05) is 6.92 Å². The van der Waals surface area contributed by atoms with Crippen molar-refractivity contribution in [3.63, 3.8) is 0 Å². The number of rotatable bonds is 2. The molecule has 1 amide bonds. The summed E-state index contributed by atoms with van der Waals surface area (Å²) in [5.74, 6) is 0.205. The summed E-state index contributed by atoms with van der Waals surface area (Å²) in [5.41, 5.74) is 0. The number of nitrogens with zero attached hydrogens (tertiary/aromatic N) is 2. The maximum absolute atomic E-state index is 11.0. The highest BCUT2D eigenvalue weighted by Gasteiger charge is 2.12. The number of carbonyl (C=O) groups is 1. The first kappa shape index (κ1) is 7.25. The molecular weight excluding hydrogens is 128 g/mol. The first-order valence-corrected chi connectivity index (χ1v) is 3.64. The largest absolute Gasteiger partial charge is 0.303 e. The van der Waals surface area contributed by atoms with Gasteiger partial charge in [0.05, 0.1) is 6.34 Å². The Kier molecular flexibility index (Phi) is 2.42. The molecule has 0 fully saturated rings. The highest BCUT2D eigenvalue weighted by molar-refractivity contribution is 5.89. The molecule has 0 spiro atoms. The Bertz CT molecular complexity index is 154. The predicted molar refractivity (Wildman–Crippen MR) is 40.0 cm³/mol. The van der Waals surface area contributed by atoms with Crippen molar-refractivity contribution >= 4 is 12.2 Å². The average molecular weight is 140 g/mol. The minimum absolute atomic E-state index is 0.205. The molecule has 0 unspecified atom stereocenters. The van der Waals surface area contributed by atoms with E-state index in [-0.39, 0.29) is 5.91 Å². The zero-order chi connectivity index (χ0) is 7.40. The van der Waals surface area contributed by atoms with Gasteiger partial charge in [0.2, 0.25) is 5.91 Å². The van der Waals surface area contributed by atoms with Crippen LogP contribution in [0, 0.1) is 0 Å². The number of aliphatic imine (C=N–C) groups is 1. The first-order chi connectivity index (χ1) is 4.84. The summed E-state index contributed by atoms with van der Waals surface area (Å²) in [6.07, 6.45) is 3.23. The molecule has 0 saturated carbocycles. The minimum Gasteiger partial charge on any atom is -0.303 e. The van der Waals surface area contributed by atoms with Gasteiger partial charge in [-0.05, 0) is 6.42 Å². The summed E-state index contributed by atoms with van der Waals surface area (Å²) in [7, 11) is 0. The molecule has 56 valence electrons. The van der Waals surface area contributed by atoms with Crippen LogP contribution in [0.25, 0.3) is 0 Å². The van der Waals surface area contributed by atoms with E-state index in [1.54, 1.807) is 11.2 Å². The maximum Gasteiger partial charge on any atom is 0.229 e. The summed E-state index contributed by atoms with van der Waals surface area (Å²) >= 11 is 0. The summed E-state index contributed by atoms with van der Waals surface area (Å²) in [6.45, 7) is 3.52. The second-order valence-electron chi connectivity index (χ2n) is 2.36. The lowest BCUT2D eigenvalue weighted by molar-refractivity contribution is -0.127. The number of hydrogen-bond donors (Lipinski definition) is 0. The molecule has 3 heteroatoms. The van der Waals surface area contributed by atoms with Gasteiger partial charge in [-0.25, -0.2) is 0 Å². The molecule has 1 rings (SSSR count). The SMILES string of the molecule is CCCN1C=NCCC1=O. The normalized spacial score (nSPS) is 18.1. The van der Waals surface area contributed by atoms with Gasteiger partial charge in [0.15, 0.2) is 0 Å². The molecule has 1 aliphatic heterocycles. The van der Waals surface area contributed by atoms with Crippen LogP contribution in [0.15, 0.2) is 4.99 Å². The van der Waals surface area contributed by atoms with Gasteiger partial charge in [-0.2, -0.15) is 0 Å². The van der Waals surface area contributed by atoms with E-state index in [1.807, 2.05) is 0 Å². The van der Waals surface area contributed by atoms with Crippen molar-refractivity contribution in [2.24, 2.45) is 4.99 Å². The average Bonchev–Trinajstić information content (AvgIpc) is 1.94. The molecule has 3 nitrogen and oxygen atoms in total. The Morgan fingerprint density at radius 3 is 3.20 bits per heavy atom. The minimum atomic E-state index is 0.205. The summed E-state index contributed by atoms with van der Waals surface area (Å²) < 4.78 is 0. The van der Waals surface area contributed by atoms with Crippen molar-refractivity contribution in [2.45, 2.75) is 19.8 Å². The Labute approximate surface area is 60.7 Å². The quantitative estimate of drug-likeness (QED) is 0.554. The standard InChI is InChI=1S/C7H12N2O/c1-2-5-9-6-8-4-3-7(9)10/h6H,2-5H2,1H3. The third kappa shape index (κ3) is 1.56. The molecule has 0 aromatic heterocycles. The fraction of sp³-hybridized carbons (Fsp3) is 0.714. The summed E-state index contributed by atoms with van der Waals surface area (Å²) in [5, 5.41) is 0. The zero-order valence-electron chi connectivity index (χ0n) is 6.21. The Hall–Kier alpha value is -0.860. The van der Waals surface area contributed by atoms with Crippen LogP contribution in [0.2, 0.25) is 0 Å². The van der Waals surface area contributed by atoms with Crippen LogP contribution in [0.1, 0.15) is 19.8 Å². The van der Waals surface area contributed by atoms with Crippen LogP contribution < -0.4 is 0 Å². The number of hydrogen-bond acceptors (Lipinski definition) is 2. The molecule has 0 radical (unpaired) electrons. The molecule has 0 bridgehead atoms. The molecule has 0 aromatic carbocycles.